The van der Waals surface area contributed by atoms with Gasteiger partial charge in [-0.05, 0) is 90.7 Å². The van der Waals surface area contributed by atoms with Crippen molar-refractivity contribution in [2.45, 2.75) is 45.6 Å². The van der Waals surface area contributed by atoms with Gasteiger partial charge < -0.3 is 19.1 Å². The number of hydrogen-bond donors (Lipinski definition) is 1. The highest BCUT2D eigenvalue weighted by molar-refractivity contribution is 7.91. The monoisotopic (exact) mass is 586 g/mol. The molecule has 0 amide bonds. The minimum atomic E-state index is -0.865. The lowest BCUT2D eigenvalue weighted by Gasteiger charge is -2.24. The summed E-state index contributed by atoms with van der Waals surface area (Å²) in [6.07, 6.45) is 1.93. The summed E-state index contributed by atoms with van der Waals surface area (Å²) >= 11 is 1.09. The summed E-state index contributed by atoms with van der Waals surface area (Å²) in [6, 6.07) is 20.3. The molecule has 1 aliphatic heterocycles. The van der Waals surface area contributed by atoms with E-state index in [1.165, 1.54) is 26.8 Å². The lowest BCUT2D eigenvalue weighted by molar-refractivity contribution is -0.137. The van der Waals surface area contributed by atoms with Gasteiger partial charge in [-0.1, -0.05) is 41.4 Å². The van der Waals surface area contributed by atoms with Crippen molar-refractivity contribution in [1.82, 2.24) is 0 Å². The first kappa shape index (κ1) is 29.1. The van der Waals surface area contributed by atoms with Gasteiger partial charge in [-0.25, -0.2) is 0 Å². The van der Waals surface area contributed by atoms with E-state index in [2.05, 4.69) is 60.5 Å². The number of carboxylic acids is 1. The second-order valence-electron chi connectivity index (χ2n) is 10.5. The van der Waals surface area contributed by atoms with Crippen LogP contribution in [0.3, 0.4) is 0 Å². The van der Waals surface area contributed by atoms with Crippen molar-refractivity contribution in [3.05, 3.63) is 82.7 Å². The summed E-state index contributed by atoms with van der Waals surface area (Å²) in [6.45, 7) is 4.95. The molecule has 0 radical (unpaired) electrons. The normalized spacial score (nSPS) is 17.4. The smallest absolute Gasteiger partial charge is 0.304 e. The molecule has 4 aromatic rings. The topological polar surface area (TPSA) is 78.8 Å². The minimum absolute atomic E-state index is 0.0240. The van der Waals surface area contributed by atoms with E-state index in [0.717, 1.165) is 47.0 Å². The summed E-state index contributed by atoms with van der Waals surface area (Å²) in [5.74, 6) is 8.29. The van der Waals surface area contributed by atoms with Gasteiger partial charge in [-0.15, -0.1) is 17.3 Å². The molecule has 1 saturated heterocycles. The van der Waals surface area contributed by atoms with Crippen molar-refractivity contribution >= 4 is 38.6 Å². The number of aryl methyl sites for hydroxylation is 1. The van der Waals surface area contributed by atoms with Gasteiger partial charge in [0.05, 0.1) is 18.9 Å². The summed E-state index contributed by atoms with van der Waals surface area (Å²) in [5.41, 5.74) is 5.51. The molecule has 2 heterocycles. The summed E-state index contributed by atoms with van der Waals surface area (Å²) < 4.78 is 25.0. The third kappa shape index (κ3) is 7.45. The van der Waals surface area contributed by atoms with Crippen molar-refractivity contribution in [2.24, 2.45) is 5.92 Å². The number of hydrogen-bond acceptors (Lipinski definition) is 5. The molecular weight excluding hydrogens is 553 g/mol. The van der Waals surface area contributed by atoms with Crippen molar-refractivity contribution in [2.75, 3.05) is 18.1 Å². The van der Waals surface area contributed by atoms with Crippen LogP contribution in [0, 0.1) is 24.7 Å². The number of fused-ring (bicyclic) bond motifs is 1. The highest BCUT2D eigenvalue weighted by atomic mass is 32.2. The zero-order valence-corrected chi connectivity index (χ0v) is 25.0. The predicted molar refractivity (Wildman–Crippen MR) is 167 cm³/mol. The van der Waals surface area contributed by atoms with Crippen LogP contribution in [0.4, 0.5) is 0 Å². The van der Waals surface area contributed by atoms with Crippen LogP contribution in [0.15, 0.2) is 66.0 Å². The van der Waals surface area contributed by atoms with Gasteiger partial charge in [-0.2, -0.15) is 0 Å². The third-order valence-corrected chi connectivity index (χ3v) is 9.85. The molecule has 1 unspecified atom stereocenters. The van der Waals surface area contributed by atoms with E-state index in [-0.39, 0.29) is 12.3 Å². The van der Waals surface area contributed by atoms with Gasteiger partial charge in [-0.3, -0.25) is 4.79 Å². The van der Waals surface area contributed by atoms with Crippen LogP contribution in [0.5, 0.6) is 11.5 Å². The number of thiophene rings is 1. The average Bonchev–Trinajstić information content (AvgIpc) is 3.39. The van der Waals surface area contributed by atoms with Gasteiger partial charge in [0.15, 0.2) is 0 Å². The molecule has 0 aliphatic carbocycles. The Kier molecular flexibility index (Phi) is 9.56. The quantitative estimate of drug-likeness (QED) is 0.153. The lowest BCUT2D eigenvalue weighted by Crippen LogP contribution is -2.26. The molecule has 1 aliphatic rings. The Morgan fingerprint density at radius 3 is 2.51 bits per heavy atom. The van der Waals surface area contributed by atoms with Crippen molar-refractivity contribution in [1.29, 1.82) is 0 Å². The fourth-order valence-electron chi connectivity index (χ4n) is 5.19. The average molecular weight is 587 g/mol. The van der Waals surface area contributed by atoms with Crippen LogP contribution in [0.1, 0.15) is 48.8 Å². The molecule has 1 N–H and O–H groups in total. The molecule has 7 heteroatoms. The standard InChI is InChI=1S/C34H34O5S2/c1-3-4-27(19-34(35)36)26-6-8-28(9-7-26)38-21-25-5-12-33-31(18-25)32(22-40-33)30-11-10-29(17-23(30)2)39-20-24-13-15-41(37)16-14-24/h5-12,17-18,22,24,27H,13-16,19-21H2,1-2H3,(H,35,36). The Balaban J connectivity index is 1.25. The Bertz CT molecular complexity index is 1560. The Hall–Kier alpha value is -3.44. The van der Waals surface area contributed by atoms with E-state index in [9.17, 15) is 14.5 Å². The molecule has 0 saturated carbocycles. The van der Waals surface area contributed by atoms with Crippen molar-refractivity contribution in [3.8, 4) is 34.5 Å². The van der Waals surface area contributed by atoms with Crippen LogP contribution >= 0.6 is 11.3 Å². The molecule has 5 rings (SSSR count). The van der Waals surface area contributed by atoms with Crippen molar-refractivity contribution in [3.63, 3.8) is 0 Å². The molecule has 1 aromatic heterocycles. The molecule has 41 heavy (non-hydrogen) atoms. The maximum atomic E-state index is 11.6. The fraction of sp³-hybridized carbons (Fsp3) is 0.324. The zero-order valence-electron chi connectivity index (χ0n) is 23.4. The molecule has 212 valence electrons. The molecule has 1 fully saturated rings. The molecule has 0 spiro atoms. The van der Waals surface area contributed by atoms with E-state index in [0.29, 0.717) is 19.1 Å². The summed E-state index contributed by atoms with van der Waals surface area (Å²) in [4.78, 5) is 11.2. The van der Waals surface area contributed by atoms with E-state index >= 15 is 0 Å². The van der Waals surface area contributed by atoms with Gasteiger partial charge >= 0.3 is 5.97 Å². The predicted octanol–water partition coefficient (Wildman–Crippen LogP) is 7.57. The minimum Gasteiger partial charge on any atom is -0.616 e. The number of benzene rings is 3. The van der Waals surface area contributed by atoms with Crippen LogP contribution in [0.2, 0.25) is 0 Å². The second kappa shape index (κ2) is 13.5. The molecule has 5 nitrogen and oxygen atoms in total. The first-order valence-corrected chi connectivity index (χ1v) is 16.2. The van der Waals surface area contributed by atoms with E-state index < -0.39 is 17.1 Å². The SMILES string of the molecule is CC#CC(CC(=O)O)c1ccc(OCc2ccc3scc(-c4ccc(OCC5CC[S+]([O-])CC5)cc4C)c3c2)cc1. The summed E-state index contributed by atoms with van der Waals surface area (Å²) in [5, 5.41) is 12.6. The van der Waals surface area contributed by atoms with Gasteiger partial charge in [0.25, 0.3) is 0 Å². The first-order valence-electron chi connectivity index (χ1n) is 13.9. The first-order chi connectivity index (χ1) is 19.9. The van der Waals surface area contributed by atoms with Gasteiger partial charge in [0.2, 0.25) is 0 Å². The molecule has 3 aromatic carbocycles. The summed E-state index contributed by atoms with van der Waals surface area (Å²) in [7, 11) is 0. The zero-order chi connectivity index (χ0) is 28.8. The Labute approximate surface area is 248 Å². The van der Waals surface area contributed by atoms with E-state index in [4.69, 9.17) is 9.47 Å². The fourth-order valence-corrected chi connectivity index (χ4v) is 7.53. The van der Waals surface area contributed by atoms with Crippen LogP contribution < -0.4 is 9.47 Å². The number of rotatable bonds is 10. The maximum absolute atomic E-state index is 11.6. The van der Waals surface area contributed by atoms with Crippen molar-refractivity contribution < 1.29 is 23.9 Å². The Morgan fingerprint density at radius 1 is 1.05 bits per heavy atom. The van der Waals surface area contributed by atoms with Gasteiger partial charge in [0.1, 0.15) is 29.6 Å². The van der Waals surface area contributed by atoms with Crippen LogP contribution in [0.25, 0.3) is 21.2 Å². The molecular formula is C34H34O5S2. The molecule has 0 bridgehead atoms. The maximum Gasteiger partial charge on any atom is 0.304 e. The third-order valence-electron chi connectivity index (χ3n) is 7.50. The number of carbonyl (C=O) groups is 1. The number of ether oxygens (including phenoxy) is 2. The number of carboxylic acid groups (broad SMARTS) is 1. The highest BCUT2D eigenvalue weighted by Crippen LogP contribution is 2.37. The lowest BCUT2D eigenvalue weighted by atomic mass is 9.96. The molecule has 1 atom stereocenters. The largest absolute Gasteiger partial charge is 0.616 e. The van der Waals surface area contributed by atoms with Crippen LogP contribution in [-0.2, 0) is 22.6 Å². The van der Waals surface area contributed by atoms with Gasteiger partial charge in [0, 0.05) is 21.6 Å². The van der Waals surface area contributed by atoms with E-state index in [1.54, 1.807) is 18.3 Å². The van der Waals surface area contributed by atoms with E-state index in [1.807, 2.05) is 24.3 Å². The Morgan fingerprint density at radius 2 is 1.80 bits per heavy atom. The highest BCUT2D eigenvalue weighted by Gasteiger charge is 2.22. The number of aliphatic carboxylic acids is 1. The van der Waals surface area contributed by atoms with Crippen LogP contribution in [-0.4, -0.2) is 33.7 Å². The second-order valence-corrected chi connectivity index (χ2v) is 13.1.